The zero-order valence-corrected chi connectivity index (χ0v) is 21.9. The Bertz CT molecular complexity index is 1640. The van der Waals surface area contributed by atoms with Gasteiger partial charge in [0.15, 0.2) is 0 Å². The summed E-state index contributed by atoms with van der Waals surface area (Å²) in [5.74, 6) is -0.122. The van der Waals surface area contributed by atoms with Crippen molar-refractivity contribution in [2.24, 2.45) is 0 Å². The monoisotopic (exact) mass is 528 g/mol. The molecule has 5 aromatic rings. The van der Waals surface area contributed by atoms with Crippen molar-refractivity contribution in [3.8, 4) is 11.1 Å². The van der Waals surface area contributed by atoms with Crippen LogP contribution in [0.15, 0.2) is 109 Å². The number of hydrogen-bond donors (Lipinski definition) is 4. The zero-order chi connectivity index (χ0) is 27.9. The van der Waals surface area contributed by atoms with Crippen LogP contribution in [0.5, 0.6) is 0 Å². The summed E-state index contributed by atoms with van der Waals surface area (Å²) < 4.78 is 0. The van der Waals surface area contributed by atoms with E-state index in [0.717, 1.165) is 27.9 Å². The normalized spacial score (nSPS) is 10.5. The fourth-order valence-corrected chi connectivity index (χ4v) is 4.18. The number of amides is 2. The first-order valence-corrected chi connectivity index (χ1v) is 12.7. The van der Waals surface area contributed by atoms with Gasteiger partial charge >= 0.3 is 0 Å². The van der Waals surface area contributed by atoms with Gasteiger partial charge in [-0.15, -0.1) is 0 Å². The number of anilines is 5. The second-order valence-corrected chi connectivity index (χ2v) is 9.32. The standard InChI is InChI=1S/C32H28N6O2/c1-21-10-15-27(36-30(39)16-22-11-13-24(14-12-22)23-6-3-2-4-7-23)18-29(21)31(40)37-28-19-34-32(35-20-28)38-26-9-5-8-25(33)17-26/h2-15,17-20H,16,33H2,1H3,(H,36,39)(H,37,40)(H,34,35,38). The van der Waals surface area contributed by atoms with E-state index in [4.69, 9.17) is 5.73 Å². The van der Waals surface area contributed by atoms with Crippen LogP contribution in [0, 0.1) is 6.92 Å². The second-order valence-electron chi connectivity index (χ2n) is 9.32. The van der Waals surface area contributed by atoms with Gasteiger partial charge in [0.05, 0.1) is 24.5 Å². The summed E-state index contributed by atoms with van der Waals surface area (Å²) in [4.78, 5) is 34.3. The number of rotatable bonds is 8. The highest BCUT2D eigenvalue weighted by atomic mass is 16.2. The molecule has 4 aromatic carbocycles. The molecular weight excluding hydrogens is 500 g/mol. The molecule has 0 spiro atoms. The molecule has 40 heavy (non-hydrogen) atoms. The van der Waals surface area contributed by atoms with Gasteiger partial charge in [-0.3, -0.25) is 9.59 Å². The van der Waals surface area contributed by atoms with Gasteiger partial charge in [0, 0.05) is 22.6 Å². The fourth-order valence-electron chi connectivity index (χ4n) is 4.18. The maximum atomic E-state index is 13.0. The molecule has 5 rings (SSSR count). The lowest BCUT2D eigenvalue weighted by atomic mass is 10.0. The average molecular weight is 529 g/mol. The number of nitrogens with two attached hydrogens (primary N) is 1. The molecule has 0 fully saturated rings. The Morgan fingerprint density at radius 2 is 1.45 bits per heavy atom. The second kappa shape index (κ2) is 11.9. The summed E-state index contributed by atoms with van der Waals surface area (Å²) in [6.07, 6.45) is 3.25. The number of benzene rings is 4. The third kappa shape index (κ3) is 6.68. The van der Waals surface area contributed by atoms with Crippen LogP contribution in [0.3, 0.4) is 0 Å². The van der Waals surface area contributed by atoms with E-state index < -0.39 is 0 Å². The molecule has 1 heterocycles. The van der Waals surface area contributed by atoms with E-state index in [1.54, 1.807) is 30.3 Å². The minimum atomic E-state index is -0.328. The molecule has 198 valence electrons. The third-order valence-corrected chi connectivity index (χ3v) is 6.24. The SMILES string of the molecule is Cc1ccc(NC(=O)Cc2ccc(-c3ccccc3)cc2)cc1C(=O)Nc1cnc(Nc2cccc(N)c2)nc1. The first-order valence-electron chi connectivity index (χ1n) is 12.7. The first-order chi connectivity index (χ1) is 19.4. The summed E-state index contributed by atoms with van der Waals surface area (Å²) in [5, 5.41) is 8.77. The number of carbonyl (C=O) groups is 2. The predicted molar refractivity (Wildman–Crippen MR) is 160 cm³/mol. The maximum absolute atomic E-state index is 13.0. The van der Waals surface area contributed by atoms with Gasteiger partial charge in [0.25, 0.3) is 5.91 Å². The van der Waals surface area contributed by atoms with Crippen molar-refractivity contribution in [1.29, 1.82) is 0 Å². The Hall–Kier alpha value is -5.50. The molecule has 0 aliphatic rings. The third-order valence-electron chi connectivity index (χ3n) is 6.24. The zero-order valence-electron chi connectivity index (χ0n) is 21.9. The van der Waals surface area contributed by atoms with E-state index in [2.05, 4.69) is 38.1 Å². The van der Waals surface area contributed by atoms with Gasteiger partial charge in [0.1, 0.15) is 0 Å². The van der Waals surface area contributed by atoms with E-state index >= 15 is 0 Å². The Morgan fingerprint density at radius 1 is 0.725 bits per heavy atom. The molecule has 1 aromatic heterocycles. The molecule has 0 aliphatic carbocycles. The first kappa shape index (κ1) is 26.1. The molecule has 8 nitrogen and oxygen atoms in total. The number of nitrogen functional groups attached to an aromatic ring is 1. The van der Waals surface area contributed by atoms with Crippen molar-refractivity contribution in [3.63, 3.8) is 0 Å². The lowest BCUT2D eigenvalue weighted by Crippen LogP contribution is -2.17. The number of nitrogens with zero attached hydrogens (tertiary/aromatic N) is 2. The molecule has 0 saturated carbocycles. The van der Waals surface area contributed by atoms with E-state index in [1.165, 1.54) is 12.4 Å². The van der Waals surface area contributed by atoms with Crippen LogP contribution in [-0.4, -0.2) is 21.8 Å². The smallest absolute Gasteiger partial charge is 0.256 e. The maximum Gasteiger partial charge on any atom is 0.256 e. The number of aryl methyl sites for hydroxylation is 1. The van der Waals surface area contributed by atoms with E-state index in [9.17, 15) is 9.59 Å². The van der Waals surface area contributed by atoms with Crippen molar-refractivity contribution in [2.75, 3.05) is 21.7 Å². The lowest BCUT2D eigenvalue weighted by Gasteiger charge is -2.11. The summed E-state index contributed by atoms with van der Waals surface area (Å²) in [5.41, 5.74) is 12.5. The van der Waals surface area contributed by atoms with Crippen molar-refractivity contribution in [3.05, 3.63) is 126 Å². The molecule has 0 radical (unpaired) electrons. The summed E-state index contributed by atoms with van der Waals surface area (Å²) in [6.45, 7) is 1.84. The van der Waals surface area contributed by atoms with Crippen LogP contribution in [-0.2, 0) is 11.2 Å². The molecule has 8 heteroatoms. The largest absolute Gasteiger partial charge is 0.399 e. The predicted octanol–water partition coefficient (Wildman–Crippen LogP) is 6.21. The highest BCUT2D eigenvalue weighted by Crippen LogP contribution is 2.21. The van der Waals surface area contributed by atoms with Crippen LogP contribution in [0.2, 0.25) is 0 Å². The van der Waals surface area contributed by atoms with Crippen molar-refractivity contribution in [1.82, 2.24) is 9.97 Å². The number of nitrogens with one attached hydrogen (secondary N) is 3. The van der Waals surface area contributed by atoms with Crippen molar-refractivity contribution in [2.45, 2.75) is 13.3 Å². The van der Waals surface area contributed by atoms with Crippen LogP contribution in [0.4, 0.5) is 28.7 Å². The lowest BCUT2D eigenvalue weighted by molar-refractivity contribution is -0.115. The van der Waals surface area contributed by atoms with Crippen molar-refractivity contribution >= 4 is 40.5 Å². The Morgan fingerprint density at radius 3 is 2.17 bits per heavy atom. The van der Waals surface area contributed by atoms with Crippen LogP contribution in [0.25, 0.3) is 11.1 Å². The minimum Gasteiger partial charge on any atom is -0.399 e. The van der Waals surface area contributed by atoms with Gasteiger partial charge in [-0.1, -0.05) is 66.7 Å². The Balaban J connectivity index is 1.19. The Labute approximate surface area is 232 Å². The van der Waals surface area contributed by atoms with Gasteiger partial charge in [-0.05, 0) is 59.5 Å². The van der Waals surface area contributed by atoms with Gasteiger partial charge < -0.3 is 21.7 Å². The molecule has 5 N–H and O–H groups in total. The van der Waals surface area contributed by atoms with Gasteiger partial charge in [-0.25, -0.2) is 9.97 Å². The highest BCUT2D eigenvalue weighted by molar-refractivity contribution is 6.06. The molecule has 2 amide bonds. The summed E-state index contributed by atoms with van der Waals surface area (Å²) in [7, 11) is 0. The highest BCUT2D eigenvalue weighted by Gasteiger charge is 2.13. The van der Waals surface area contributed by atoms with Crippen LogP contribution < -0.4 is 21.7 Å². The van der Waals surface area contributed by atoms with E-state index in [0.29, 0.717) is 28.6 Å². The minimum absolute atomic E-state index is 0.167. The quantitative estimate of drug-likeness (QED) is 0.178. The molecular formula is C32H28N6O2. The molecule has 0 aliphatic heterocycles. The van der Waals surface area contributed by atoms with Gasteiger partial charge in [-0.2, -0.15) is 0 Å². The molecule has 0 saturated heterocycles. The number of aromatic nitrogens is 2. The number of carbonyl (C=O) groups excluding carboxylic acids is 2. The fraction of sp³-hybridized carbons (Fsp3) is 0.0625. The Kier molecular flexibility index (Phi) is 7.78. The van der Waals surface area contributed by atoms with Gasteiger partial charge in [0.2, 0.25) is 11.9 Å². The number of hydrogen-bond acceptors (Lipinski definition) is 6. The molecule has 0 atom stereocenters. The van der Waals surface area contributed by atoms with Crippen LogP contribution >= 0.6 is 0 Å². The topological polar surface area (TPSA) is 122 Å². The van der Waals surface area contributed by atoms with Crippen LogP contribution in [0.1, 0.15) is 21.5 Å². The molecule has 0 unspecified atom stereocenters. The van der Waals surface area contributed by atoms with E-state index in [-0.39, 0.29) is 18.2 Å². The summed E-state index contributed by atoms with van der Waals surface area (Å²) in [6, 6.07) is 30.5. The molecule has 0 bridgehead atoms. The van der Waals surface area contributed by atoms with Crippen molar-refractivity contribution < 1.29 is 9.59 Å². The average Bonchev–Trinajstić information content (AvgIpc) is 2.96. The summed E-state index contributed by atoms with van der Waals surface area (Å²) >= 11 is 0. The van der Waals surface area contributed by atoms with E-state index in [1.807, 2.05) is 61.5 Å².